The maximum atomic E-state index is 13.0. The van der Waals surface area contributed by atoms with Crippen molar-refractivity contribution in [1.29, 1.82) is 0 Å². The van der Waals surface area contributed by atoms with Crippen molar-refractivity contribution >= 4 is 11.4 Å². The van der Waals surface area contributed by atoms with Crippen LogP contribution in [0.4, 0.5) is 10.1 Å². The molecule has 0 bridgehead atoms. The molecular weight excluding hydrogens is 281 g/mol. The average molecular weight is 301 g/mol. The van der Waals surface area contributed by atoms with E-state index in [4.69, 9.17) is 4.74 Å². The van der Waals surface area contributed by atoms with Gasteiger partial charge in [-0.1, -0.05) is 24.8 Å². The molecule has 1 rings (SSSR count). The molecule has 5 heteroatoms. The first-order chi connectivity index (χ1) is 10.5. The third-order valence-electron chi connectivity index (χ3n) is 2.84. The highest BCUT2D eigenvalue weighted by Crippen LogP contribution is 2.27. The SMILES string of the molecule is C=CC(C/C(C)=C/C=C(/F)C=C)=Nc1c(C)ncnc1OC. The molecule has 0 radical (unpaired) electrons. The van der Waals surface area contributed by atoms with Gasteiger partial charge in [-0.15, -0.1) is 0 Å². The van der Waals surface area contributed by atoms with Gasteiger partial charge in [-0.05, 0) is 32.1 Å². The van der Waals surface area contributed by atoms with E-state index in [1.54, 1.807) is 12.2 Å². The minimum atomic E-state index is -0.384. The van der Waals surface area contributed by atoms with Crippen molar-refractivity contribution in [2.45, 2.75) is 20.3 Å². The molecule has 0 aromatic carbocycles. The predicted molar refractivity (Wildman–Crippen MR) is 88.4 cm³/mol. The lowest BCUT2D eigenvalue weighted by atomic mass is 10.1. The van der Waals surface area contributed by atoms with E-state index < -0.39 is 0 Å². The molecular formula is C17H20FN3O. The van der Waals surface area contributed by atoms with Crippen LogP contribution in [0.2, 0.25) is 0 Å². The van der Waals surface area contributed by atoms with Gasteiger partial charge in [0.15, 0.2) is 0 Å². The first kappa shape index (κ1) is 17.5. The molecule has 0 saturated heterocycles. The molecule has 0 amide bonds. The summed E-state index contributed by atoms with van der Waals surface area (Å²) in [5.41, 5.74) is 2.94. The standard InChI is InChI=1S/C17H20FN3O/c1-6-14(18)9-8-12(3)10-15(7-2)21-16-13(4)19-11-20-17(16)22-5/h6-9,11H,1-2,10H2,3-5H3/b12-8+,14-9+,21-15?. The van der Waals surface area contributed by atoms with Gasteiger partial charge in [0, 0.05) is 12.1 Å². The van der Waals surface area contributed by atoms with Crippen LogP contribution in [0.1, 0.15) is 19.0 Å². The largest absolute Gasteiger partial charge is 0.479 e. The molecule has 0 spiro atoms. The molecule has 0 N–H and O–H groups in total. The maximum absolute atomic E-state index is 13.0. The van der Waals surface area contributed by atoms with Crippen LogP contribution in [0.5, 0.6) is 5.88 Å². The normalized spacial score (nSPS) is 13.0. The van der Waals surface area contributed by atoms with Crippen molar-refractivity contribution in [3.05, 3.63) is 60.9 Å². The number of ether oxygens (including phenoxy) is 1. The second-order valence-corrected chi connectivity index (χ2v) is 4.57. The van der Waals surface area contributed by atoms with Gasteiger partial charge in [0.2, 0.25) is 5.88 Å². The number of methoxy groups -OCH3 is 1. The minimum absolute atomic E-state index is 0.384. The molecule has 116 valence electrons. The molecule has 0 atom stereocenters. The maximum Gasteiger partial charge on any atom is 0.243 e. The van der Waals surface area contributed by atoms with Crippen molar-refractivity contribution in [3.63, 3.8) is 0 Å². The molecule has 22 heavy (non-hydrogen) atoms. The van der Waals surface area contributed by atoms with E-state index in [0.717, 1.165) is 17.4 Å². The van der Waals surface area contributed by atoms with Crippen molar-refractivity contribution in [2.75, 3.05) is 7.11 Å². The van der Waals surface area contributed by atoms with Crippen LogP contribution in [0, 0.1) is 6.92 Å². The minimum Gasteiger partial charge on any atom is -0.479 e. The summed E-state index contributed by atoms with van der Waals surface area (Å²) in [4.78, 5) is 12.7. The summed E-state index contributed by atoms with van der Waals surface area (Å²) in [7, 11) is 1.53. The zero-order chi connectivity index (χ0) is 16.5. The van der Waals surface area contributed by atoms with Crippen LogP contribution in [0.25, 0.3) is 0 Å². The van der Waals surface area contributed by atoms with Crippen molar-refractivity contribution < 1.29 is 9.13 Å². The summed E-state index contributed by atoms with van der Waals surface area (Å²) in [6.07, 6.45) is 7.80. The van der Waals surface area contributed by atoms with Crippen LogP contribution < -0.4 is 4.74 Å². The van der Waals surface area contributed by atoms with Crippen molar-refractivity contribution in [2.24, 2.45) is 4.99 Å². The van der Waals surface area contributed by atoms with E-state index in [1.165, 1.54) is 19.5 Å². The molecule has 0 aliphatic carbocycles. The van der Waals surface area contributed by atoms with Crippen LogP contribution >= 0.6 is 0 Å². The van der Waals surface area contributed by atoms with Crippen LogP contribution in [-0.4, -0.2) is 22.8 Å². The monoisotopic (exact) mass is 301 g/mol. The van der Waals surface area contributed by atoms with E-state index in [1.807, 2.05) is 13.8 Å². The highest BCUT2D eigenvalue weighted by molar-refractivity contribution is 5.98. The Labute approximate surface area is 130 Å². The zero-order valence-electron chi connectivity index (χ0n) is 13.1. The van der Waals surface area contributed by atoms with Gasteiger partial charge in [0.1, 0.15) is 17.8 Å². The molecule has 0 aliphatic rings. The number of aromatic nitrogens is 2. The fourth-order valence-corrected chi connectivity index (χ4v) is 1.66. The predicted octanol–water partition coefficient (Wildman–Crippen LogP) is 4.43. The second-order valence-electron chi connectivity index (χ2n) is 4.57. The number of rotatable bonds is 7. The number of nitrogens with zero attached hydrogens (tertiary/aromatic N) is 3. The Hall–Kier alpha value is -2.56. The summed E-state index contributed by atoms with van der Waals surface area (Å²) in [6, 6.07) is 0. The average Bonchev–Trinajstić information content (AvgIpc) is 2.53. The Balaban J connectivity index is 3.07. The number of aryl methyl sites for hydroxylation is 1. The quantitative estimate of drug-likeness (QED) is 0.553. The smallest absolute Gasteiger partial charge is 0.243 e. The van der Waals surface area contributed by atoms with Gasteiger partial charge in [0.05, 0.1) is 12.8 Å². The summed E-state index contributed by atoms with van der Waals surface area (Å²) < 4.78 is 18.2. The van der Waals surface area contributed by atoms with Gasteiger partial charge < -0.3 is 4.74 Å². The Morgan fingerprint density at radius 3 is 2.64 bits per heavy atom. The van der Waals surface area contributed by atoms with Crippen molar-refractivity contribution in [1.82, 2.24) is 9.97 Å². The van der Waals surface area contributed by atoms with Gasteiger partial charge >= 0.3 is 0 Å². The molecule has 0 fully saturated rings. The fraction of sp³-hybridized carbons (Fsp3) is 0.235. The molecule has 0 unspecified atom stereocenters. The zero-order valence-corrected chi connectivity index (χ0v) is 13.1. The summed E-state index contributed by atoms with van der Waals surface area (Å²) >= 11 is 0. The molecule has 4 nitrogen and oxygen atoms in total. The Kier molecular flexibility index (Phi) is 6.89. The van der Waals surface area contributed by atoms with E-state index in [9.17, 15) is 4.39 Å². The summed E-state index contributed by atoms with van der Waals surface area (Å²) in [5.74, 6) is 0.0245. The molecule has 0 aliphatic heterocycles. The van der Waals surface area contributed by atoms with E-state index >= 15 is 0 Å². The third kappa shape index (κ3) is 5.09. The molecule has 1 aromatic heterocycles. The first-order valence-electron chi connectivity index (χ1n) is 6.72. The van der Waals surface area contributed by atoms with Crippen molar-refractivity contribution in [3.8, 4) is 5.88 Å². The highest BCUT2D eigenvalue weighted by atomic mass is 19.1. The van der Waals surface area contributed by atoms with Gasteiger partial charge in [-0.25, -0.2) is 14.4 Å². The fourth-order valence-electron chi connectivity index (χ4n) is 1.66. The molecule has 1 heterocycles. The Morgan fingerprint density at radius 2 is 2.05 bits per heavy atom. The second kappa shape index (κ2) is 8.67. The number of hydrogen-bond donors (Lipinski definition) is 0. The molecule has 1 aromatic rings. The Bertz CT molecular complexity index is 645. The van der Waals surface area contributed by atoms with Crippen LogP contribution in [0.3, 0.4) is 0 Å². The topological polar surface area (TPSA) is 47.4 Å². The highest BCUT2D eigenvalue weighted by Gasteiger charge is 2.08. The molecule has 0 saturated carbocycles. The van der Waals surface area contributed by atoms with Crippen LogP contribution in [-0.2, 0) is 0 Å². The van der Waals surface area contributed by atoms with Crippen LogP contribution in [0.15, 0.2) is 60.2 Å². The summed E-state index contributed by atoms with van der Waals surface area (Å²) in [6.45, 7) is 10.8. The first-order valence-corrected chi connectivity index (χ1v) is 6.72. The van der Waals surface area contributed by atoms with Gasteiger partial charge in [0.25, 0.3) is 0 Å². The van der Waals surface area contributed by atoms with E-state index in [-0.39, 0.29) is 5.83 Å². The Morgan fingerprint density at radius 1 is 1.32 bits per heavy atom. The number of allylic oxidation sites excluding steroid dienone is 6. The lowest BCUT2D eigenvalue weighted by Gasteiger charge is -2.07. The number of hydrogen-bond acceptors (Lipinski definition) is 4. The lowest BCUT2D eigenvalue weighted by Crippen LogP contribution is -1.97. The number of aliphatic imine (C=N–C) groups is 1. The number of halogens is 1. The van der Waals surface area contributed by atoms with Gasteiger partial charge in [-0.3, -0.25) is 0 Å². The van der Waals surface area contributed by atoms with E-state index in [0.29, 0.717) is 23.7 Å². The van der Waals surface area contributed by atoms with E-state index in [2.05, 4.69) is 28.1 Å². The third-order valence-corrected chi connectivity index (χ3v) is 2.84. The lowest BCUT2D eigenvalue weighted by molar-refractivity contribution is 0.398. The van der Waals surface area contributed by atoms with Gasteiger partial charge in [-0.2, -0.15) is 4.98 Å². The summed E-state index contributed by atoms with van der Waals surface area (Å²) in [5, 5.41) is 0.